The average Bonchev–Trinajstić information content (AvgIpc) is 3.04. The number of hydrogen-bond donors (Lipinski definition) is 1. The van der Waals surface area contributed by atoms with E-state index in [2.05, 4.69) is 15.5 Å². The van der Waals surface area contributed by atoms with E-state index >= 15 is 0 Å². The van der Waals surface area contributed by atoms with Crippen LogP contribution in [0.25, 0.3) is 11.0 Å². The van der Waals surface area contributed by atoms with Crippen LogP contribution >= 0.6 is 0 Å². The van der Waals surface area contributed by atoms with Gasteiger partial charge in [-0.2, -0.15) is 0 Å². The van der Waals surface area contributed by atoms with Crippen molar-refractivity contribution in [2.24, 2.45) is 0 Å². The van der Waals surface area contributed by atoms with Crippen LogP contribution in [0.4, 0.5) is 0 Å². The van der Waals surface area contributed by atoms with E-state index in [0.717, 1.165) is 5.39 Å². The number of benzene rings is 1. The molecule has 1 amide bonds. The van der Waals surface area contributed by atoms with E-state index in [0.29, 0.717) is 17.4 Å². The van der Waals surface area contributed by atoms with Crippen molar-refractivity contribution in [3.8, 4) is 0 Å². The van der Waals surface area contributed by atoms with Gasteiger partial charge in [0.05, 0.1) is 0 Å². The van der Waals surface area contributed by atoms with Gasteiger partial charge in [0, 0.05) is 12.3 Å². The van der Waals surface area contributed by atoms with Crippen LogP contribution in [0.2, 0.25) is 0 Å². The molecule has 6 nitrogen and oxygen atoms in total. The molecule has 3 rings (SSSR count). The maximum Gasteiger partial charge on any atom is 0.287 e. The van der Waals surface area contributed by atoms with Crippen molar-refractivity contribution < 1.29 is 13.6 Å². The molecule has 1 unspecified atom stereocenters. The molecule has 0 bridgehead atoms. The Labute approximate surface area is 114 Å². The van der Waals surface area contributed by atoms with Crippen molar-refractivity contribution >= 4 is 16.9 Å². The third-order valence-corrected chi connectivity index (χ3v) is 2.91. The number of furan rings is 1. The van der Waals surface area contributed by atoms with Crippen LogP contribution in [0.5, 0.6) is 0 Å². The maximum absolute atomic E-state index is 12.1. The van der Waals surface area contributed by atoms with Gasteiger partial charge in [-0.15, -0.1) is 10.2 Å². The van der Waals surface area contributed by atoms with E-state index < -0.39 is 0 Å². The van der Waals surface area contributed by atoms with Gasteiger partial charge in [-0.25, -0.2) is 0 Å². The van der Waals surface area contributed by atoms with Crippen LogP contribution in [0.1, 0.15) is 35.3 Å². The highest BCUT2D eigenvalue weighted by molar-refractivity contribution is 5.96. The average molecular weight is 271 g/mol. The molecule has 102 valence electrons. The van der Waals surface area contributed by atoms with Gasteiger partial charge in [0.25, 0.3) is 5.91 Å². The Morgan fingerprint density at radius 1 is 1.25 bits per heavy atom. The van der Waals surface area contributed by atoms with E-state index in [1.807, 2.05) is 24.3 Å². The molecule has 1 aromatic carbocycles. The molecule has 2 aromatic heterocycles. The summed E-state index contributed by atoms with van der Waals surface area (Å²) >= 11 is 0. The summed E-state index contributed by atoms with van der Waals surface area (Å²) in [6, 6.07) is 8.78. The highest BCUT2D eigenvalue weighted by Gasteiger charge is 2.18. The summed E-state index contributed by atoms with van der Waals surface area (Å²) in [6.45, 7) is 3.47. The van der Waals surface area contributed by atoms with E-state index in [-0.39, 0.29) is 17.7 Å². The van der Waals surface area contributed by atoms with Crippen LogP contribution in [-0.2, 0) is 0 Å². The first-order valence-corrected chi connectivity index (χ1v) is 6.23. The SMILES string of the molecule is Cc1nnc(C(C)NC(=O)c2cc3ccccc3o2)o1. The zero-order valence-corrected chi connectivity index (χ0v) is 11.1. The predicted molar refractivity (Wildman–Crippen MR) is 71.1 cm³/mol. The second-order valence-corrected chi connectivity index (χ2v) is 4.50. The summed E-state index contributed by atoms with van der Waals surface area (Å²) in [5, 5.41) is 11.2. The number of hydrogen-bond acceptors (Lipinski definition) is 5. The second kappa shape index (κ2) is 4.80. The zero-order valence-electron chi connectivity index (χ0n) is 11.1. The zero-order chi connectivity index (χ0) is 14.1. The van der Waals surface area contributed by atoms with Gasteiger partial charge in [0.15, 0.2) is 5.76 Å². The lowest BCUT2D eigenvalue weighted by atomic mass is 10.2. The third-order valence-electron chi connectivity index (χ3n) is 2.91. The topological polar surface area (TPSA) is 81.2 Å². The summed E-state index contributed by atoms with van der Waals surface area (Å²) in [7, 11) is 0. The van der Waals surface area contributed by atoms with Crippen LogP contribution in [0, 0.1) is 6.92 Å². The molecule has 3 aromatic rings. The first-order valence-electron chi connectivity index (χ1n) is 6.23. The van der Waals surface area contributed by atoms with Crippen LogP contribution in [-0.4, -0.2) is 16.1 Å². The van der Waals surface area contributed by atoms with E-state index in [4.69, 9.17) is 8.83 Å². The summed E-state index contributed by atoms with van der Waals surface area (Å²) in [6.07, 6.45) is 0. The van der Waals surface area contributed by atoms with Crippen molar-refractivity contribution in [1.82, 2.24) is 15.5 Å². The van der Waals surface area contributed by atoms with Gasteiger partial charge in [-0.1, -0.05) is 18.2 Å². The molecular formula is C14H13N3O3. The molecule has 0 aliphatic rings. The highest BCUT2D eigenvalue weighted by Crippen LogP contribution is 2.19. The minimum atomic E-state index is -0.378. The van der Waals surface area contributed by atoms with Crippen LogP contribution in [0.3, 0.4) is 0 Å². The normalized spacial score (nSPS) is 12.5. The van der Waals surface area contributed by atoms with Gasteiger partial charge >= 0.3 is 0 Å². The Morgan fingerprint density at radius 3 is 2.75 bits per heavy atom. The van der Waals surface area contributed by atoms with Gasteiger partial charge in [-0.05, 0) is 19.1 Å². The van der Waals surface area contributed by atoms with Gasteiger partial charge in [-0.3, -0.25) is 4.79 Å². The maximum atomic E-state index is 12.1. The van der Waals surface area contributed by atoms with Gasteiger partial charge in [0.2, 0.25) is 11.8 Å². The monoisotopic (exact) mass is 271 g/mol. The summed E-state index contributed by atoms with van der Waals surface area (Å²) in [5.74, 6) is 0.774. The predicted octanol–water partition coefficient (Wildman–Crippen LogP) is 2.62. The first kappa shape index (κ1) is 12.4. The van der Waals surface area contributed by atoms with E-state index in [1.165, 1.54) is 0 Å². The number of fused-ring (bicyclic) bond motifs is 1. The summed E-state index contributed by atoms with van der Waals surface area (Å²) in [5.41, 5.74) is 0.680. The molecule has 0 aliphatic heterocycles. The van der Waals surface area contributed by atoms with Crippen molar-refractivity contribution in [2.45, 2.75) is 19.9 Å². The van der Waals surface area contributed by atoms with Crippen molar-refractivity contribution in [2.75, 3.05) is 0 Å². The van der Waals surface area contributed by atoms with Gasteiger partial charge in [0.1, 0.15) is 11.6 Å². The lowest BCUT2D eigenvalue weighted by Crippen LogP contribution is -2.26. The number of nitrogens with zero attached hydrogens (tertiary/aromatic N) is 2. The minimum Gasteiger partial charge on any atom is -0.451 e. The fraction of sp³-hybridized carbons (Fsp3) is 0.214. The Kier molecular flexibility index (Phi) is 2.98. The largest absolute Gasteiger partial charge is 0.451 e. The molecule has 1 N–H and O–H groups in total. The minimum absolute atomic E-state index is 0.259. The quantitative estimate of drug-likeness (QED) is 0.791. The number of aryl methyl sites for hydroxylation is 1. The van der Waals surface area contributed by atoms with Crippen molar-refractivity contribution in [3.05, 3.63) is 47.9 Å². The molecule has 1 atom stereocenters. The molecule has 0 saturated carbocycles. The van der Waals surface area contributed by atoms with Crippen molar-refractivity contribution in [3.63, 3.8) is 0 Å². The molecule has 6 heteroatoms. The standard InChI is InChI=1S/C14H13N3O3/c1-8(14-17-16-9(2)19-14)15-13(18)12-7-10-5-3-4-6-11(10)20-12/h3-8H,1-2H3,(H,15,18). The fourth-order valence-corrected chi connectivity index (χ4v) is 1.91. The molecular weight excluding hydrogens is 258 g/mol. The summed E-state index contributed by atoms with van der Waals surface area (Å²) in [4.78, 5) is 12.1. The lowest BCUT2D eigenvalue weighted by Gasteiger charge is -2.07. The molecule has 0 radical (unpaired) electrons. The number of para-hydroxylation sites is 1. The lowest BCUT2D eigenvalue weighted by molar-refractivity contribution is 0.0908. The number of carbonyl (C=O) groups is 1. The van der Waals surface area contributed by atoms with Crippen LogP contribution < -0.4 is 5.32 Å². The number of aromatic nitrogens is 2. The third kappa shape index (κ3) is 2.27. The first-order chi connectivity index (χ1) is 9.63. The number of carbonyl (C=O) groups excluding carboxylic acids is 1. The fourth-order valence-electron chi connectivity index (χ4n) is 1.91. The van der Waals surface area contributed by atoms with Crippen molar-refractivity contribution in [1.29, 1.82) is 0 Å². The second-order valence-electron chi connectivity index (χ2n) is 4.50. The van der Waals surface area contributed by atoms with E-state index in [1.54, 1.807) is 19.9 Å². The highest BCUT2D eigenvalue weighted by atomic mass is 16.4. The summed E-state index contributed by atoms with van der Waals surface area (Å²) < 4.78 is 10.8. The molecule has 0 spiro atoms. The Morgan fingerprint density at radius 2 is 2.05 bits per heavy atom. The number of amides is 1. The molecule has 0 saturated heterocycles. The molecule has 0 fully saturated rings. The molecule has 20 heavy (non-hydrogen) atoms. The Bertz CT molecular complexity index is 727. The number of nitrogens with one attached hydrogen (secondary N) is 1. The van der Waals surface area contributed by atoms with Gasteiger partial charge < -0.3 is 14.2 Å². The molecule has 0 aliphatic carbocycles. The molecule has 2 heterocycles. The number of rotatable bonds is 3. The van der Waals surface area contributed by atoms with E-state index in [9.17, 15) is 4.79 Å². The Balaban J connectivity index is 1.78. The Hall–Kier alpha value is -2.63. The van der Waals surface area contributed by atoms with Crippen LogP contribution in [0.15, 0.2) is 39.2 Å². The smallest absolute Gasteiger partial charge is 0.287 e.